The first-order chi connectivity index (χ1) is 11.3. The van der Waals surface area contributed by atoms with Crippen LogP contribution >= 0.6 is 0 Å². The summed E-state index contributed by atoms with van der Waals surface area (Å²) < 4.78 is 10.6. The van der Waals surface area contributed by atoms with Crippen molar-refractivity contribution in [1.82, 2.24) is 5.32 Å². The lowest BCUT2D eigenvalue weighted by Crippen LogP contribution is -2.44. The topological polar surface area (TPSA) is 64.6 Å². The van der Waals surface area contributed by atoms with E-state index in [4.69, 9.17) is 9.47 Å². The van der Waals surface area contributed by atoms with Crippen LogP contribution in [-0.2, 0) is 20.9 Å². The number of alkyl carbamates (subject to hydrolysis) is 1. The summed E-state index contributed by atoms with van der Waals surface area (Å²) in [4.78, 5) is 24.3. The third-order valence-electron chi connectivity index (χ3n) is 3.30. The fourth-order valence-corrected chi connectivity index (χ4v) is 2.13. The third kappa shape index (κ3) is 8.56. The zero-order chi connectivity index (χ0) is 18.0. The number of rotatable bonds is 8. The van der Waals surface area contributed by atoms with Gasteiger partial charge in [0.05, 0.1) is 0 Å². The molecule has 1 N–H and O–H groups in total. The molecular formula is C19H29NO4. The molecule has 24 heavy (non-hydrogen) atoms. The van der Waals surface area contributed by atoms with Crippen LogP contribution in [0.3, 0.4) is 0 Å². The number of ether oxygens (including phenoxy) is 2. The van der Waals surface area contributed by atoms with Crippen LogP contribution < -0.4 is 5.32 Å². The molecule has 0 aliphatic carbocycles. The number of benzene rings is 1. The molecule has 5 heteroatoms. The Bertz CT molecular complexity index is 508. The van der Waals surface area contributed by atoms with Crippen molar-refractivity contribution in [2.75, 3.05) is 0 Å². The molecule has 1 atom stereocenters. The molecule has 134 valence electrons. The summed E-state index contributed by atoms with van der Waals surface area (Å²) in [5.41, 5.74) is 0.307. The van der Waals surface area contributed by atoms with E-state index in [0.717, 1.165) is 24.8 Å². The van der Waals surface area contributed by atoms with E-state index in [1.54, 1.807) is 20.8 Å². The fraction of sp³-hybridized carbons (Fsp3) is 0.579. The Morgan fingerprint density at radius 1 is 1.12 bits per heavy atom. The summed E-state index contributed by atoms with van der Waals surface area (Å²) in [7, 11) is 0. The maximum absolute atomic E-state index is 12.3. The number of carbonyl (C=O) groups is 2. The van der Waals surface area contributed by atoms with Crippen molar-refractivity contribution in [2.24, 2.45) is 0 Å². The second-order valence-corrected chi connectivity index (χ2v) is 6.79. The molecule has 1 aromatic carbocycles. The van der Waals surface area contributed by atoms with Crippen molar-refractivity contribution in [3.63, 3.8) is 0 Å². The zero-order valence-corrected chi connectivity index (χ0v) is 15.1. The van der Waals surface area contributed by atoms with Crippen molar-refractivity contribution < 1.29 is 19.1 Å². The molecule has 1 aromatic rings. The summed E-state index contributed by atoms with van der Waals surface area (Å²) in [6.45, 7) is 7.63. The van der Waals surface area contributed by atoms with E-state index < -0.39 is 23.7 Å². The summed E-state index contributed by atoms with van der Waals surface area (Å²) in [6.07, 6.45) is 2.83. The van der Waals surface area contributed by atoms with Gasteiger partial charge in [-0.2, -0.15) is 0 Å². The molecule has 0 spiro atoms. The Kier molecular flexibility index (Phi) is 8.30. The molecule has 0 radical (unpaired) electrons. The number of hydrogen-bond acceptors (Lipinski definition) is 4. The highest BCUT2D eigenvalue weighted by molar-refractivity contribution is 5.81. The van der Waals surface area contributed by atoms with Gasteiger partial charge in [0.15, 0.2) is 0 Å². The summed E-state index contributed by atoms with van der Waals surface area (Å²) in [5.74, 6) is -0.430. The lowest BCUT2D eigenvalue weighted by atomic mass is 10.1. The van der Waals surface area contributed by atoms with Gasteiger partial charge in [0.25, 0.3) is 0 Å². The first kappa shape index (κ1) is 20.0. The third-order valence-corrected chi connectivity index (χ3v) is 3.30. The van der Waals surface area contributed by atoms with E-state index in [2.05, 4.69) is 12.2 Å². The van der Waals surface area contributed by atoms with Crippen molar-refractivity contribution in [3.8, 4) is 0 Å². The number of hydrogen-bond donors (Lipinski definition) is 1. The second-order valence-electron chi connectivity index (χ2n) is 6.79. The van der Waals surface area contributed by atoms with Crippen molar-refractivity contribution in [2.45, 2.75) is 71.6 Å². The van der Waals surface area contributed by atoms with E-state index in [-0.39, 0.29) is 6.61 Å². The van der Waals surface area contributed by atoms with Crippen LogP contribution in [0, 0.1) is 0 Å². The predicted molar refractivity (Wildman–Crippen MR) is 93.5 cm³/mol. The standard InChI is InChI=1S/C19H29NO4/c1-5-6-8-13-16(20-18(22)24-19(2,3)4)17(21)23-14-15-11-9-7-10-12-15/h7,9-12,16H,5-6,8,13-14H2,1-4H3,(H,20,22)/t16-/m1/s1. The first-order valence-electron chi connectivity index (χ1n) is 8.52. The van der Waals surface area contributed by atoms with Gasteiger partial charge >= 0.3 is 12.1 Å². The van der Waals surface area contributed by atoms with Gasteiger partial charge in [0.2, 0.25) is 0 Å². The zero-order valence-electron chi connectivity index (χ0n) is 15.1. The fourth-order valence-electron chi connectivity index (χ4n) is 2.13. The van der Waals surface area contributed by atoms with E-state index >= 15 is 0 Å². The van der Waals surface area contributed by atoms with E-state index in [0.29, 0.717) is 6.42 Å². The molecular weight excluding hydrogens is 306 g/mol. The Morgan fingerprint density at radius 2 is 1.79 bits per heavy atom. The Hall–Kier alpha value is -2.04. The van der Waals surface area contributed by atoms with Gasteiger partial charge < -0.3 is 14.8 Å². The van der Waals surface area contributed by atoms with Crippen LogP contribution in [0.5, 0.6) is 0 Å². The SMILES string of the molecule is CCCCC[C@@H](NC(=O)OC(C)(C)C)C(=O)OCc1ccccc1. The lowest BCUT2D eigenvalue weighted by Gasteiger charge is -2.23. The van der Waals surface area contributed by atoms with Gasteiger partial charge in [-0.1, -0.05) is 56.5 Å². The van der Waals surface area contributed by atoms with Crippen LogP contribution in [0.15, 0.2) is 30.3 Å². The van der Waals surface area contributed by atoms with Crippen molar-refractivity contribution in [3.05, 3.63) is 35.9 Å². The largest absolute Gasteiger partial charge is 0.459 e. The maximum atomic E-state index is 12.3. The highest BCUT2D eigenvalue weighted by Crippen LogP contribution is 2.10. The molecule has 0 heterocycles. The Labute approximate surface area is 144 Å². The number of amides is 1. The van der Waals surface area contributed by atoms with Gasteiger partial charge in [0, 0.05) is 0 Å². The van der Waals surface area contributed by atoms with E-state index in [1.165, 1.54) is 0 Å². The number of unbranched alkanes of at least 4 members (excludes halogenated alkanes) is 2. The number of carbonyl (C=O) groups excluding carboxylic acids is 2. The minimum atomic E-state index is -0.685. The maximum Gasteiger partial charge on any atom is 0.408 e. The molecule has 0 saturated heterocycles. The monoisotopic (exact) mass is 335 g/mol. The minimum absolute atomic E-state index is 0.194. The Morgan fingerprint density at radius 3 is 2.38 bits per heavy atom. The minimum Gasteiger partial charge on any atom is -0.459 e. The van der Waals surface area contributed by atoms with E-state index in [9.17, 15) is 9.59 Å². The van der Waals surface area contributed by atoms with Crippen LogP contribution in [-0.4, -0.2) is 23.7 Å². The van der Waals surface area contributed by atoms with Crippen molar-refractivity contribution in [1.29, 1.82) is 0 Å². The molecule has 1 amide bonds. The average molecular weight is 335 g/mol. The highest BCUT2D eigenvalue weighted by Gasteiger charge is 2.25. The molecule has 0 aliphatic heterocycles. The number of nitrogens with one attached hydrogen (secondary N) is 1. The molecule has 0 bridgehead atoms. The van der Waals surface area contributed by atoms with E-state index in [1.807, 2.05) is 30.3 Å². The molecule has 5 nitrogen and oxygen atoms in total. The van der Waals surface area contributed by atoms with Crippen LogP contribution in [0.25, 0.3) is 0 Å². The predicted octanol–water partition coefficient (Wildman–Crippen LogP) is 4.20. The molecule has 0 saturated carbocycles. The van der Waals surface area contributed by atoms with Crippen LogP contribution in [0.2, 0.25) is 0 Å². The normalized spacial score (nSPS) is 12.3. The summed E-state index contributed by atoms with van der Waals surface area (Å²) >= 11 is 0. The summed E-state index contributed by atoms with van der Waals surface area (Å²) in [5, 5.41) is 2.63. The quantitative estimate of drug-likeness (QED) is 0.571. The van der Waals surface area contributed by atoms with Crippen LogP contribution in [0.1, 0.15) is 58.9 Å². The molecule has 1 rings (SSSR count). The van der Waals surface area contributed by atoms with Crippen LogP contribution in [0.4, 0.5) is 4.79 Å². The molecule has 0 aromatic heterocycles. The molecule has 0 aliphatic rings. The average Bonchev–Trinajstić information content (AvgIpc) is 2.51. The molecule has 0 fully saturated rings. The smallest absolute Gasteiger partial charge is 0.408 e. The Balaban J connectivity index is 2.58. The number of esters is 1. The lowest BCUT2D eigenvalue weighted by molar-refractivity contribution is -0.147. The second kappa shape index (κ2) is 9.96. The van der Waals surface area contributed by atoms with Gasteiger partial charge in [-0.25, -0.2) is 9.59 Å². The van der Waals surface area contributed by atoms with Gasteiger partial charge in [-0.3, -0.25) is 0 Å². The van der Waals surface area contributed by atoms with Gasteiger partial charge in [-0.05, 0) is 32.8 Å². The highest BCUT2D eigenvalue weighted by atomic mass is 16.6. The van der Waals surface area contributed by atoms with Gasteiger partial charge in [0.1, 0.15) is 18.2 Å². The first-order valence-corrected chi connectivity index (χ1v) is 8.52. The van der Waals surface area contributed by atoms with Crippen molar-refractivity contribution >= 4 is 12.1 Å². The van der Waals surface area contributed by atoms with Gasteiger partial charge in [-0.15, -0.1) is 0 Å². The summed E-state index contributed by atoms with van der Waals surface area (Å²) in [6, 6.07) is 8.78. The molecule has 0 unspecified atom stereocenters.